The highest BCUT2D eigenvalue weighted by Crippen LogP contribution is 2.43. The van der Waals surface area contributed by atoms with Crippen molar-refractivity contribution in [3.8, 4) is 5.75 Å². The summed E-state index contributed by atoms with van der Waals surface area (Å²) < 4.78 is 5.45. The normalized spacial score (nSPS) is 22.5. The van der Waals surface area contributed by atoms with Crippen molar-refractivity contribution in [2.75, 3.05) is 6.61 Å². The summed E-state index contributed by atoms with van der Waals surface area (Å²) in [6.45, 7) is 8.92. The van der Waals surface area contributed by atoms with Crippen LogP contribution in [0.15, 0.2) is 29.3 Å². The summed E-state index contributed by atoms with van der Waals surface area (Å²) in [5.41, 5.74) is 7.19. The van der Waals surface area contributed by atoms with Crippen LogP contribution in [0.5, 0.6) is 5.75 Å². The van der Waals surface area contributed by atoms with E-state index in [1.54, 1.807) is 0 Å². The summed E-state index contributed by atoms with van der Waals surface area (Å²) in [6, 6.07) is 8.60. The number of aliphatic imine (C=N–C) groups is 1. The number of nitrogens with two attached hydrogens (primary N) is 1. The molecule has 1 saturated carbocycles. The van der Waals surface area contributed by atoms with Gasteiger partial charge in [-0.1, -0.05) is 12.1 Å². The molecular formula is C16H25N3O. The molecule has 2 atom stereocenters. The van der Waals surface area contributed by atoms with E-state index >= 15 is 0 Å². The number of ether oxygens (including phenoxy) is 1. The highest BCUT2D eigenvalue weighted by atomic mass is 16.5. The molecule has 4 nitrogen and oxygen atoms in total. The number of guanidine groups is 1. The van der Waals surface area contributed by atoms with Crippen molar-refractivity contribution in [1.29, 1.82) is 0 Å². The third-order valence-electron chi connectivity index (χ3n) is 3.18. The zero-order valence-corrected chi connectivity index (χ0v) is 12.8. The predicted molar refractivity (Wildman–Crippen MR) is 83.3 cm³/mol. The number of rotatable bonds is 4. The van der Waals surface area contributed by atoms with Crippen LogP contribution in [-0.4, -0.2) is 24.1 Å². The maximum Gasteiger partial charge on any atom is 0.189 e. The largest absolute Gasteiger partial charge is 0.494 e. The number of nitrogens with one attached hydrogen (secondary N) is 1. The summed E-state index contributed by atoms with van der Waals surface area (Å²) in [4.78, 5) is 4.54. The molecule has 0 spiro atoms. The van der Waals surface area contributed by atoms with E-state index in [0.717, 1.165) is 12.2 Å². The van der Waals surface area contributed by atoms with E-state index in [0.29, 0.717) is 24.5 Å². The van der Waals surface area contributed by atoms with Gasteiger partial charge in [-0.15, -0.1) is 0 Å². The Hall–Kier alpha value is -1.71. The van der Waals surface area contributed by atoms with Gasteiger partial charge in [-0.05, 0) is 51.8 Å². The molecule has 1 aliphatic rings. The molecule has 4 heteroatoms. The first-order chi connectivity index (χ1) is 9.39. The lowest BCUT2D eigenvalue weighted by molar-refractivity contribution is 0.340. The van der Waals surface area contributed by atoms with Crippen LogP contribution in [0.3, 0.4) is 0 Å². The fraction of sp³-hybridized carbons (Fsp3) is 0.562. The molecule has 0 bridgehead atoms. The first kappa shape index (κ1) is 14.7. The zero-order valence-electron chi connectivity index (χ0n) is 12.8. The van der Waals surface area contributed by atoms with Gasteiger partial charge < -0.3 is 15.8 Å². The van der Waals surface area contributed by atoms with Gasteiger partial charge in [0.15, 0.2) is 5.96 Å². The lowest BCUT2D eigenvalue weighted by Crippen LogP contribution is -2.45. The highest BCUT2D eigenvalue weighted by Gasteiger charge is 2.38. The number of benzene rings is 1. The van der Waals surface area contributed by atoms with Crippen molar-refractivity contribution < 1.29 is 4.74 Å². The maximum atomic E-state index is 5.92. The van der Waals surface area contributed by atoms with Gasteiger partial charge in [-0.3, -0.25) is 0 Å². The van der Waals surface area contributed by atoms with Gasteiger partial charge in [0.25, 0.3) is 0 Å². The van der Waals surface area contributed by atoms with Crippen LogP contribution < -0.4 is 15.8 Å². The summed E-state index contributed by atoms with van der Waals surface area (Å²) in [5.74, 6) is 1.95. The second-order valence-electron chi connectivity index (χ2n) is 6.30. The summed E-state index contributed by atoms with van der Waals surface area (Å²) >= 11 is 0. The van der Waals surface area contributed by atoms with Crippen LogP contribution in [-0.2, 0) is 0 Å². The summed E-state index contributed by atoms with van der Waals surface area (Å²) in [6.07, 6.45) is 1.07. The molecule has 0 unspecified atom stereocenters. The second-order valence-corrected chi connectivity index (χ2v) is 6.30. The van der Waals surface area contributed by atoms with E-state index in [1.807, 2.05) is 19.1 Å². The maximum absolute atomic E-state index is 5.92. The van der Waals surface area contributed by atoms with Crippen molar-refractivity contribution in [3.63, 3.8) is 0 Å². The molecule has 2 rings (SSSR count). The summed E-state index contributed by atoms with van der Waals surface area (Å²) in [7, 11) is 0. The average molecular weight is 275 g/mol. The Bertz CT molecular complexity index is 473. The van der Waals surface area contributed by atoms with Gasteiger partial charge in [-0.25, -0.2) is 4.99 Å². The van der Waals surface area contributed by atoms with Crippen LogP contribution in [0.25, 0.3) is 0 Å². The standard InChI is InChI=1S/C16H25N3O/c1-5-20-12-8-6-11(7-9-12)13-10-14(13)18-15(17)19-16(2,3)4/h6-9,13-14H,5,10H2,1-4H3,(H3,17,18,19)/t13-,14+/m0/s1. The Morgan fingerprint density at radius 3 is 2.55 bits per heavy atom. The molecule has 0 heterocycles. The molecule has 0 aliphatic heterocycles. The van der Waals surface area contributed by atoms with E-state index in [9.17, 15) is 0 Å². The molecule has 1 aliphatic carbocycles. The molecule has 0 saturated heterocycles. The molecule has 20 heavy (non-hydrogen) atoms. The number of hydrogen-bond acceptors (Lipinski definition) is 2. The lowest BCUT2D eigenvalue weighted by Gasteiger charge is -2.21. The Labute approximate surface area is 121 Å². The minimum absolute atomic E-state index is 0.0445. The SMILES string of the molecule is CCOc1ccc([C@@H]2C[C@H]2N=C(N)NC(C)(C)C)cc1. The monoisotopic (exact) mass is 275 g/mol. The minimum atomic E-state index is -0.0445. The van der Waals surface area contributed by atoms with Gasteiger partial charge in [0.05, 0.1) is 12.6 Å². The molecule has 0 aromatic heterocycles. The van der Waals surface area contributed by atoms with Gasteiger partial charge in [0, 0.05) is 11.5 Å². The van der Waals surface area contributed by atoms with E-state index in [-0.39, 0.29) is 5.54 Å². The van der Waals surface area contributed by atoms with Crippen LogP contribution in [0.1, 0.15) is 45.6 Å². The van der Waals surface area contributed by atoms with Crippen molar-refractivity contribution in [2.45, 2.75) is 51.6 Å². The molecule has 110 valence electrons. The average Bonchev–Trinajstić information content (AvgIpc) is 3.07. The quantitative estimate of drug-likeness (QED) is 0.656. The Morgan fingerprint density at radius 1 is 1.35 bits per heavy atom. The smallest absolute Gasteiger partial charge is 0.189 e. The van der Waals surface area contributed by atoms with Crippen molar-refractivity contribution in [1.82, 2.24) is 5.32 Å². The van der Waals surface area contributed by atoms with Gasteiger partial charge in [-0.2, -0.15) is 0 Å². The third-order valence-corrected chi connectivity index (χ3v) is 3.18. The minimum Gasteiger partial charge on any atom is -0.494 e. The zero-order chi connectivity index (χ0) is 14.8. The Balaban J connectivity index is 1.92. The van der Waals surface area contributed by atoms with Crippen molar-refractivity contribution >= 4 is 5.96 Å². The highest BCUT2D eigenvalue weighted by molar-refractivity contribution is 5.79. The molecular weight excluding hydrogens is 250 g/mol. The van der Waals surface area contributed by atoms with Crippen molar-refractivity contribution in [2.24, 2.45) is 10.7 Å². The van der Waals surface area contributed by atoms with E-state index < -0.39 is 0 Å². The predicted octanol–water partition coefficient (Wildman–Crippen LogP) is 2.64. The number of nitrogens with zero attached hydrogens (tertiary/aromatic N) is 1. The van der Waals surface area contributed by atoms with E-state index in [2.05, 4.69) is 43.2 Å². The van der Waals surface area contributed by atoms with Gasteiger partial charge >= 0.3 is 0 Å². The second kappa shape index (κ2) is 5.73. The molecule has 0 amide bonds. The molecule has 3 N–H and O–H groups in total. The Kier molecular flexibility index (Phi) is 4.21. The van der Waals surface area contributed by atoms with Crippen LogP contribution in [0.2, 0.25) is 0 Å². The number of hydrogen-bond donors (Lipinski definition) is 2. The van der Waals surface area contributed by atoms with Crippen molar-refractivity contribution in [3.05, 3.63) is 29.8 Å². The van der Waals surface area contributed by atoms with Crippen LogP contribution in [0, 0.1) is 0 Å². The van der Waals surface area contributed by atoms with Crippen LogP contribution >= 0.6 is 0 Å². The fourth-order valence-corrected chi connectivity index (χ4v) is 2.26. The first-order valence-electron chi connectivity index (χ1n) is 7.23. The van der Waals surface area contributed by atoms with Gasteiger partial charge in [0.2, 0.25) is 0 Å². The molecule has 1 fully saturated rings. The fourth-order valence-electron chi connectivity index (χ4n) is 2.26. The summed E-state index contributed by atoms with van der Waals surface area (Å²) in [5, 5.41) is 3.20. The molecule has 0 radical (unpaired) electrons. The molecule has 1 aromatic rings. The van der Waals surface area contributed by atoms with E-state index in [4.69, 9.17) is 10.5 Å². The topological polar surface area (TPSA) is 59.6 Å². The first-order valence-corrected chi connectivity index (χ1v) is 7.23. The molecule has 1 aromatic carbocycles. The van der Waals surface area contributed by atoms with Crippen LogP contribution in [0.4, 0.5) is 0 Å². The lowest BCUT2D eigenvalue weighted by atomic mass is 10.1. The van der Waals surface area contributed by atoms with E-state index in [1.165, 1.54) is 5.56 Å². The third kappa shape index (κ3) is 4.15. The Morgan fingerprint density at radius 2 is 2.00 bits per heavy atom. The van der Waals surface area contributed by atoms with Gasteiger partial charge in [0.1, 0.15) is 5.75 Å².